The van der Waals surface area contributed by atoms with E-state index in [1.807, 2.05) is 0 Å². The Kier molecular flexibility index (Phi) is 4.59. The summed E-state index contributed by atoms with van der Waals surface area (Å²) in [4.78, 5) is 41.6. The number of imide groups is 1. The Labute approximate surface area is 148 Å². The largest absolute Gasteiger partial charge is 0.449 e. The predicted molar refractivity (Wildman–Crippen MR) is 91.5 cm³/mol. The molecule has 0 radical (unpaired) electrons. The average Bonchev–Trinajstić information content (AvgIpc) is 2.99. The third-order valence-electron chi connectivity index (χ3n) is 3.94. The van der Waals surface area contributed by atoms with E-state index in [0.29, 0.717) is 28.2 Å². The van der Waals surface area contributed by atoms with Crippen molar-refractivity contribution in [3.63, 3.8) is 0 Å². The van der Waals surface area contributed by atoms with Gasteiger partial charge >= 0.3 is 12.0 Å². The summed E-state index contributed by atoms with van der Waals surface area (Å²) < 4.78 is 5.24. The zero-order chi connectivity index (χ0) is 18.1. The van der Waals surface area contributed by atoms with Crippen LogP contribution in [-0.4, -0.2) is 47.0 Å². The smallest absolute Gasteiger partial charge is 0.340 e. The van der Waals surface area contributed by atoms with Crippen molar-refractivity contribution >= 4 is 40.4 Å². The number of pyridine rings is 1. The van der Waals surface area contributed by atoms with Gasteiger partial charge in [0, 0.05) is 23.5 Å². The average molecular weight is 362 g/mol. The summed E-state index contributed by atoms with van der Waals surface area (Å²) in [5.74, 6) is -1.23. The number of fused-ring (bicyclic) bond motifs is 1. The third-order valence-corrected chi connectivity index (χ3v) is 4.18. The van der Waals surface area contributed by atoms with Gasteiger partial charge in [0.1, 0.15) is 0 Å². The number of amides is 3. The molecule has 1 aromatic carbocycles. The monoisotopic (exact) mass is 361 g/mol. The molecule has 3 rings (SSSR count). The number of aromatic nitrogens is 1. The molecule has 0 saturated carbocycles. The molecule has 1 atom stereocenters. The van der Waals surface area contributed by atoms with E-state index in [4.69, 9.17) is 16.3 Å². The minimum absolute atomic E-state index is 0.250. The number of esters is 1. The number of carbonyl (C=O) groups is 3. The number of benzene rings is 1. The summed E-state index contributed by atoms with van der Waals surface area (Å²) in [6.45, 7) is 3.77. The lowest BCUT2D eigenvalue weighted by Crippen LogP contribution is -2.41. The van der Waals surface area contributed by atoms with Gasteiger partial charge in [0.15, 0.2) is 6.10 Å². The van der Waals surface area contributed by atoms with E-state index in [-0.39, 0.29) is 12.1 Å². The molecule has 1 saturated heterocycles. The van der Waals surface area contributed by atoms with E-state index in [2.05, 4.69) is 10.3 Å². The summed E-state index contributed by atoms with van der Waals surface area (Å²) in [7, 11) is 0. The van der Waals surface area contributed by atoms with Crippen molar-refractivity contribution < 1.29 is 19.1 Å². The molecule has 3 amide bonds. The van der Waals surface area contributed by atoms with Gasteiger partial charge < -0.3 is 10.1 Å². The van der Waals surface area contributed by atoms with Crippen molar-refractivity contribution in [1.29, 1.82) is 0 Å². The molecule has 25 heavy (non-hydrogen) atoms. The van der Waals surface area contributed by atoms with Gasteiger partial charge in [-0.1, -0.05) is 11.6 Å². The lowest BCUT2D eigenvalue weighted by Gasteiger charge is -2.18. The minimum atomic E-state index is -1.08. The van der Waals surface area contributed by atoms with Crippen LogP contribution in [0, 0.1) is 6.92 Å². The number of nitrogens with one attached hydrogen (secondary N) is 1. The van der Waals surface area contributed by atoms with Crippen LogP contribution in [-0.2, 0) is 9.53 Å². The molecule has 0 spiro atoms. The van der Waals surface area contributed by atoms with Gasteiger partial charge in [0.2, 0.25) is 0 Å². The first-order valence-corrected chi connectivity index (χ1v) is 8.11. The van der Waals surface area contributed by atoms with E-state index in [1.54, 1.807) is 31.2 Å². The third kappa shape index (κ3) is 3.41. The van der Waals surface area contributed by atoms with Crippen LogP contribution in [0.25, 0.3) is 10.9 Å². The highest BCUT2D eigenvalue weighted by atomic mass is 35.5. The van der Waals surface area contributed by atoms with Gasteiger partial charge in [-0.15, -0.1) is 0 Å². The van der Waals surface area contributed by atoms with Crippen molar-refractivity contribution in [3.05, 3.63) is 40.5 Å². The summed E-state index contributed by atoms with van der Waals surface area (Å²) >= 11 is 5.97. The van der Waals surface area contributed by atoms with Crippen LogP contribution >= 0.6 is 11.6 Å². The van der Waals surface area contributed by atoms with Gasteiger partial charge in [-0.2, -0.15) is 0 Å². The molecular formula is C17H16ClN3O4. The van der Waals surface area contributed by atoms with Crippen molar-refractivity contribution in [1.82, 2.24) is 15.2 Å². The maximum absolute atomic E-state index is 12.4. The summed E-state index contributed by atoms with van der Waals surface area (Å²) in [5, 5.41) is 3.75. The van der Waals surface area contributed by atoms with Gasteiger partial charge in [-0.05, 0) is 38.1 Å². The Balaban J connectivity index is 1.80. The fourth-order valence-electron chi connectivity index (χ4n) is 2.63. The number of aryl methyl sites for hydroxylation is 1. The zero-order valence-corrected chi connectivity index (χ0v) is 14.5. The Bertz CT molecular complexity index is 884. The van der Waals surface area contributed by atoms with Crippen molar-refractivity contribution in [2.75, 3.05) is 13.1 Å². The van der Waals surface area contributed by atoms with Crippen LogP contribution in [0.2, 0.25) is 5.02 Å². The van der Waals surface area contributed by atoms with Crippen LogP contribution in [0.4, 0.5) is 4.79 Å². The van der Waals surface area contributed by atoms with Crippen LogP contribution in [0.1, 0.15) is 23.0 Å². The number of nitrogens with zero attached hydrogens (tertiary/aromatic N) is 2. The Morgan fingerprint density at radius 3 is 2.80 bits per heavy atom. The first-order valence-electron chi connectivity index (χ1n) is 7.74. The molecule has 2 heterocycles. The topological polar surface area (TPSA) is 88.6 Å². The summed E-state index contributed by atoms with van der Waals surface area (Å²) in [6.07, 6.45) is -1.08. The number of hydrogen-bond donors (Lipinski definition) is 1. The predicted octanol–water partition coefficient (Wildman–Crippen LogP) is 2.29. The number of ether oxygens (including phenoxy) is 1. The first-order chi connectivity index (χ1) is 11.9. The number of carbonyl (C=O) groups excluding carboxylic acids is 3. The first kappa shape index (κ1) is 17.2. The summed E-state index contributed by atoms with van der Waals surface area (Å²) in [5.41, 5.74) is 1.44. The van der Waals surface area contributed by atoms with Gasteiger partial charge in [-0.3, -0.25) is 14.7 Å². The summed E-state index contributed by atoms with van der Waals surface area (Å²) in [6, 6.07) is 6.33. The van der Waals surface area contributed by atoms with E-state index in [0.717, 1.165) is 4.90 Å². The number of rotatable bonds is 3. The quantitative estimate of drug-likeness (QED) is 0.847. The van der Waals surface area contributed by atoms with Gasteiger partial charge in [0.25, 0.3) is 5.91 Å². The second-order valence-electron chi connectivity index (χ2n) is 5.73. The van der Waals surface area contributed by atoms with Gasteiger partial charge in [-0.25, -0.2) is 9.59 Å². The molecule has 0 bridgehead atoms. The Hall–Kier alpha value is -2.67. The molecule has 1 aromatic heterocycles. The molecular weight excluding hydrogens is 346 g/mol. The van der Waals surface area contributed by atoms with Crippen LogP contribution in [0.3, 0.4) is 0 Å². The number of hydrogen-bond acceptors (Lipinski definition) is 5. The lowest BCUT2D eigenvalue weighted by molar-refractivity contribution is -0.136. The molecule has 1 aliphatic rings. The van der Waals surface area contributed by atoms with Crippen molar-refractivity contribution in [2.45, 2.75) is 20.0 Å². The molecule has 8 heteroatoms. The molecule has 2 aromatic rings. The van der Waals surface area contributed by atoms with E-state index in [9.17, 15) is 14.4 Å². The van der Waals surface area contributed by atoms with Crippen molar-refractivity contribution in [3.8, 4) is 0 Å². The van der Waals surface area contributed by atoms with Gasteiger partial charge in [0.05, 0.1) is 16.8 Å². The van der Waals surface area contributed by atoms with Crippen molar-refractivity contribution in [2.24, 2.45) is 0 Å². The molecule has 1 aliphatic heterocycles. The molecule has 130 valence electrons. The zero-order valence-electron chi connectivity index (χ0n) is 13.7. The molecule has 1 N–H and O–H groups in total. The maximum atomic E-state index is 12.4. The maximum Gasteiger partial charge on any atom is 0.340 e. The highest BCUT2D eigenvalue weighted by molar-refractivity contribution is 6.31. The molecule has 1 fully saturated rings. The Morgan fingerprint density at radius 2 is 2.12 bits per heavy atom. The van der Waals surface area contributed by atoms with E-state index in [1.165, 1.54) is 6.92 Å². The van der Waals surface area contributed by atoms with Crippen LogP contribution in [0.15, 0.2) is 24.3 Å². The minimum Gasteiger partial charge on any atom is -0.449 e. The second-order valence-corrected chi connectivity index (χ2v) is 6.16. The Morgan fingerprint density at radius 1 is 1.36 bits per heavy atom. The fraction of sp³-hybridized carbons (Fsp3) is 0.294. The molecule has 0 aliphatic carbocycles. The highest BCUT2D eigenvalue weighted by Gasteiger charge is 2.32. The van der Waals surface area contributed by atoms with E-state index < -0.39 is 24.0 Å². The SMILES string of the molecule is Cc1nc2ccc(Cl)cc2cc1C(=O)OC(C)C(=O)N1CCNC1=O. The second kappa shape index (κ2) is 6.68. The molecule has 1 unspecified atom stereocenters. The fourth-order valence-corrected chi connectivity index (χ4v) is 2.81. The highest BCUT2D eigenvalue weighted by Crippen LogP contribution is 2.21. The van der Waals surface area contributed by atoms with E-state index >= 15 is 0 Å². The standard InChI is InChI=1S/C17H16ClN3O4/c1-9-13(8-11-7-12(18)3-4-14(11)20-9)16(23)25-10(2)15(22)21-6-5-19-17(21)24/h3-4,7-8,10H,5-6H2,1-2H3,(H,19,24). The molecule has 7 nitrogen and oxygen atoms in total. The van der Waals surface area contributed by atoms with Crippen LogP contribution < -0.4 is 5.32 Å². The number of urea groups is 1. The van der Waals surface area contributed by atoms with Crippen LogP contribution in [0.5, 0.6) is 0 Å². The normalized spacial score (nSPS) is 15.2. The number of halogens is 1. The lowest BCUT2D eigenvalue weighted by atomic mass is 10.1.